The lowest BCUT2D eigenvalue weighted by Gasteiger charge is -2.12. The maximum absolute atomic E-state index is 6.13. The van der Waals surface area contributed by atoms with Gasteiger partial charge in [0.05, 0.1) is 0 Å². The predicted octanol–water partition coefficient (Wildman–Crippen LogP) is 2.94. The molecular weight excluding hydrogens is 206 g/mol. The highest BCUT2D eigenvalue weighted by atomic mass is 32.1. The van der Waals surface area contributed by atoms with E-state index < -0.39 is 0 Å². The molecular formula is C12H15NOS. The van der Waals surface area contributed by atoms with Gasteiger partial charge in [0.25, 0.3) is 0 Å². The Kier molecular flexibility index (Phi) is 3.36. The second kappa shape index (κ2) is 4.75. The molecule has 1 heterocycles. The van der Waals surface area contributed by atoms with Crippen LogP contribution in [0.25, 0.3) is 10.1 Å². The van der Waals surface area contributed by atoms with Crippen LogP contribution in [0.2, 0.25) is 0 Å². The maximum Gasteiger partial charge on any atom is 0.0480 e. The van der Waals surface area contributed by atoms with Crippen LogP contribution >= 0.6 is 11.3 Å². The van der Waals surface area contributed by atoms with E-state index in [-0.39, 0.29) is 6.04 Å². The number of fused-ring (bicyclic) bond motifs is 1. The van der Waals surface area contributed by atoms with Gasteiger partial charge in [0, 0.05) is 24.5 Å². The SMILES string of the molecule is COCCC(N)c1cccc2ccsc12. The van der Waals surface area contributed by atoms with E-state index in [9.17, 15) is 0 Å². The standard InChI is InChI=1S/C12H15NOS/c1-14-7-5-11(13)10-4-2-3-9-6-8-15-12(9)10/h2-4,6,8,11H,5,7,13H2,1H3. The van der Waals surface area contributed by atoms with Gasteiger partial charge in [0.1, 0.15) is 0 Å². The summed E-state index contributed by atoms with van der Waals surface area (Å²) in [5.41, 5.74) is 7.37. The van der Waals surface area contributed by atoms with E-state index in [0.29, 0.717) is 6.61 Å². The zero-order valence-electron chi connectivity index (χ0n) is 8.77. The molecule has 1 atom stereocenters. The van der Waals surface area contributed by atoms with Crippen LogP contribution in [0.3, 0.4) is 0 Å². The normalized spacial score (nSPS) is 13.2. The minimum absolute atomic E-state index is 0.0762. The molecule has 1 unspecified atom stereocenters. The summed E-state index contributed by atoms with van der Waals surface area (Å²) in [6.07, 6.45) is 0.869. The fraction of sp³-hybridized carbons (Fsp3) is 0.333. The van der Waals surface area contributed by atoms with Crippen LogP contribution in [0.1, 0.15) is 18.0 Å². The molecule has 2 rings (SSSR count). The molecule has 0 amide bonds. The molecule has 1 aromatic heterocycles. The molecule has 2 aromatic rings. The molecule has 0 saturated heterocycles. The van der Waals surface area contributed by atoms with Gasteiger partial charge < -0.3 is 10.5 Å². The average Bonchev–Trinajstić information content (AvgIpc) is 2.73. The molecule has 0 spiro atoms. The smallest absolute Gasteiger partial charge is 0.0480 e. The lowest BCUT2D eigenvalue weighted by Crippen LogP contribution is -2.12. The van der Waals surface area contributed by atoms with Gasteiger partial charge in [0.15, 0.2) is 0 Å². The van der Waals surface area contributed by atoms with E-state index in [1.54, 1.807) is 18.4 Å². The number of rotatable bonds is 4. The topological polar surface area (TPSA) is 35.2 Å². The molecule has 0 saturated carbocycles. The van der Waals surface area contributed by atoms with Gasteiger partial charge in [-0.05, 0) is 28.8 Å². The van der Waals surface area contributed by atoms with Crippen LogP contribution in [-0.4, -0.2) is 13.7 Å². The summed E-state index contributed by atoms with van der Waals surface area (Å²) >= 11 is 1.75. The van der Waals surface area contributed by atoms with Crippen molar-refractivity contribution in [2.75, 3.05) is 13.7 Å². The van der Waals surface area contributed by atoms with Crippen LogP contribution in [0.4, 0.5) is 0 Å². The Balaban J connectivity index is 2.29. The summed E-state index contributed by atoms with van der Waals surface area (Å²) < 4.78 is 6.36. The number of ether oxygens (including phenoxy) is 1. The van der Waals surface area contributed by atoms with Crippen LogP contribution in [0.15, 0.2) is 29.6 Å². The third-order valence-electron chi connectivity index (χ3n) is 2.54. The first-order valence-electron chi connectivity index (χ1n) is 5.03. The Morgan fingerprint density at radius 2 is 2.27 bits per heavy atom. The number of hydrogen-bond donors (Lipinski definition) is 1. The van der Waals surface area contributed by atoms with Crippen molar-refractivity contribution in [3.05, 3.63) is 35.2 Å². The van der Waals surface area contributed by atoms with Crippen molar-refractivity contribution in [1.29, 1.82) is 0 Å². The van der Waals surface area contributed by atoms with E-state index in [2.05, 4.69) is 29.6 Å². The van der Waals surface area contributed by atoms with Gasteiger partial charge >= 0.3 is 0 Å². The van der Waals surface area contributed by atoms with Crippen molar-refractivity contribution in [3.8, 4) is 0 Å². The van der Waals surface area contributed by atoms with Crippen LogP contribution in [0, 0.1) is 0 Å². The molecule has 15 heavy (non-hydrogen) atoms. The van der Waals surface area contributed by atoms with E-state index in [1.807, 2.05) is 0 Å². The minimum Gasteiger partial charge on any atom is -0.385 e. The summed E-state index contributed by atoms with van der Waals surface area (Å²) in [7, 11) is 1.71. The van der Waals surface area contributed by atoms with E-state index >= 15 is 0 Å². The van der Waals surface area contributed by atoms with Crippen molar-refractivity contribution >= 4 is 21.4 Å². The van der Waals surface area contributed by atoms with Crippen molar-refractivity contribution in [2.45, 2.75) is 12.5 Å². The molecule has 80 valence electrons. The van der Waals surface area contributed by atoms with Gasteiger partial charge in [-0.2, -0.15) is 0 Å². The van der Waals surface area contributed by atoms with Crippen molar-refractivity contribution < 1.29 is 4.74 Å². The predicted molar refractivity (Wildman–Crippen MR) is 65.2 cm³/mol. The number of hydrogen-bond acceptors (Lipinski definition) is 3. The van der Waals surface area contributed by atoms with Crippen molar-refractivity contribution in [2.24, 2.45) is 5.73 Å². The average molecular weight is 221 g/mol. The number of nitrogens with two attached hydrogens (primary N) is 1. The summed E-state index contributed by atoms with van der Waals surface area (Å²) in [5, 5.41) is 3.39. The Bertz CT molecular complexity index is 438. The fourth-order valence-corrected chi connectivity index (χ4v) is 2.69. The Hall–Kier alpha value is -0.900. The molecule has 0 radical (unpaired) electrons. The Labute approximate surface area is 93.7 Å². The van der Waals surface area contributed by atoms with E-state index in [4.69, 9.17) is 10.5 Å². The summed E-state index contributed by atoms with van der Waals surface area (Å²) in [4.78, 5) is 0. The highest BCUT2D eigenvalue weighted by Gasteiger charge is 2.09. The highest BCUT2D eigenvalue weighted by molar-refractivity contribution is 7.17. The van der Waals surface area contributed by atoms with E-state index in [1.165, 1.54) is 15.6 Å². The Morgan fingerprint density at radius 3 is 3.07 bits per heavy atom. The third-order valence-corrected chi connectivity index (χ3v) is 3.52. The minimum atomic E-state index is 0.0762. The molecule has 0 fully saturated rings. The monoisotopic (exact) mass is 221 g/mol. The zero-order chi connectivity index (χ0) is 10.7. The fourth-order valence-electron chi connectivity index (χ4n) is 1.71. The Morgan fingerprint density at radius 1 is 1.40 bits per heavy atom. The molecule has 0 aliphatic rings. The molecule has 3 heteroatoms. The largest absolute Gasteiger partial charge is 0.385 e. The van der Waals surface area contributed by atoms with Gasteiger partial charge in [-0.3, -0.25) is 0 Å². The molecule has 1 aromatic carbocycles. The lowest BCUT2D eigenvalue weighted by molar-refractivity contribution is 0.188. The molecule has 2 N–H and O–H groups in total. The van der Waals surface area contributed by atoms with Gasteiger partial charge in [0.2, 0.25) is 0 Å². The quantitative estimate of drug-likeness (QED) is 0.861. The van der Waals surface area contributed by atoms with Crippen molar-refractivity contribution in [1.82, 2.24) is 0 Å². The first kappa shape index (κ1) is 10.6. The number of benzene rings is 1. The summed E-state index contributed by atoms with van der Waals surface area (Å²) in [6, 6.07) is 8.51. The van der Waals surface area contributed by atoms with Gasteiger partial charge in [-0.15, -0.1) is 11.3 Å². The second-order valence-corrected chi connectivity index (χ2v) is 4.49. The molecule has 0 aliphatic heterocycles. The first-order chi connectivity index (χ1) is 7.33. The second-order valence-electron chi connectivity index (χ2n) is 3.57. The maximum atomic E-state index is 6.13. The molecule has 2 nitrogen and oxygen atoms in total. The number of methoxy groups -OCH3 is 1. The zero-order valence-corrected chi connectivity index (χ0v) is 9.59. The molecule has 0 bridgehead atoms. The first-order valence-corrected chi connectivity index (χ1v) is 5.91. The highest BCUT2D eigenvalue weighted by Crippen LogP contribution is 2.29. The van der Waals surface area contributed by atoms with E-state index in [0.717, 1.165) is 6.42 Å². The summed E-state index contributed by atoms with van der Waals surface area (Å²) in [5.74, 6) is 0. The van der Waals surface area contributed by atoms with Gasteiger partial charge in [-0.1, -0.05) is 18.2 Å². The third kappa shape index (κ3) is 2.20. The van der Waals surface area contributed by atoms with Gasteiger partial charge in [-0.25, -0.2) is 0 Å². The van der Waals surface area contributed by atoms with Crippen LogP contribution in [-0.2, 0) is 4.74 Å². The summed E-state index contributed by atoms with van der Waals surface area (Å²) in [6.45, 7) is 0.711. The van der Waals surface area contributed by atoms with Crippen molar-refractivity contribution in [3.63, 3.8) is 0 Å². The lowest BCUT2D eigenvalue weighted by atomic mass is 10.0. The molecule has 0 aliphatic carbocycles. The number of thiophene rings is 1. The van der Waals surface area contributed by atoms with Crippen LogP contribution in [0.5, 0.6) is 0 Å². The van der Waals surface area contributed by atoms with Crippen LogP contribution < -0.4 is 5.73 Å².